The number of hydrogen-bond donors (Lipinski definition) is 1. The Balaban J connectivity index is 1.91. The van der Waals surface area contributed by atoms with E-state index in [0.717, 1.165) is 29.5 Å². The van der Waals surface area contributed by atoms with Crippen LogP contribution in [-0.4, -0.2) is 24.2 Å². The van der Waals surface area contributed by atoms with E-state index in [1.807, 2.05) is 36.4 Å². The Kier molecular flexibility index (Phi) is 3.03. The van der Waals surface area contributed by atoms with Crippen molar-refractivity contribution >= 4 is 22.4 Å². The van der Waals surface area contributed by atoms with E-state index in [2.05, 4.69) is 11.0 Å². The van der Waals surface area contributed by atoms with Gasteiger partial charge in [-0.3, -0.25) is 4.79 Å². The molecule has 1 N–H and O–H groups in total. The molecular weight excluding hydrogens is 252 g/mol. The third-order valence-electron chi connectivity index (χ3n) is 3.78. The van der Waals surface area contributed by atoms with Crippen molar-refractivity contribution in [3.8, 4) is 6.07 Å². The number of aliphatic carboxylic acids is 1. The maximum absolute atomic E-state index is 10.7. The monoisotopic (exact) mass is 266 g/mol. The highest BCUT2D eigenvalue weighted by atomic mass is 16.4. The molecule has 1 saturated heterocycles. The number of hydrogen-bond acceptors (Lipinski definition) is 3. The predicted molar refractivity (Wildman–Crippen MR) is 76.6 cm³/mol. The standard InChI is InChI=1S/C16H14N2O2/c17-8-12-5-6-15(14-4-2-1-3-13(12)14)18-9-11(10-18)7-16(19)20/h1-6,11H,7,9-10H2,(H,19,20). The number of rotatable bonds is 3. The van der Waals surface area contributed by atoms with Crippen LogP contribution in [0, 0.1) is 17.2 Å². The van der Waals surface area contributed by atoms with E-state index >= 15 is 0 Å². The Morgan fingerprint density at radius 3 is 2.60 bits per heavy atom. The van der Waals surface area contributed by atoms with E-state index in [1.54, 1.807) is 0 Å². The van der Waals surface area contributed by atoms with Gasteiger partial charge in [-0.15, -0.1) is 0 Å². The highest BCUT2D eigenvalue weighted by molar-refractivity contribution is 5.98. The molecule has 4 nitrogen and oxygen atoms in total. The Bertz CT molecular complexity index is 712. The van der Waals surface area contributed by atoms with Gasteiger partial charge in [-0.1, -0.05) is 24.3 Å². The third kappa shape index (κ3) is 2.08. The van der Waals surface area contributed by atoms with Crippen LogP contribution in [0.1, 0.15) is 12.0 Å². The normalized spacial score (nSPS) is 14.8. The summed E-state index contributed by atoms with van der Waals surface area (Å²) in [7, 11) is 0. The van der Waals surface area contributed by atoms with Crippen LogP contribution < -0.4 is 4.90 Å². The molecule has 0 aromatic heterocycles. The molecule has 0 bridgehead atoms. The fraction of sp³-hybridized carbons (Fsp3) is 0.250. The number of anilines is 1. The number of benzene rings is 2. The SMILES string of the molecule is N#Cc1ccc(N2CC(CC(=O)O)C2)c2ccccc12. The lowest BCUT2D eigenvalue weighted by Gasteiger charge is -2.41. The molecule has 2 aromatic carbocycles. The molecule has 0 spiro atoms. The van der Waals surface area contributed by atoms with Crippen LogP contribution in [0.3, 0.4) is 0 Å². The summed E-state index contributed by atoms with van der Waals surface area (Å²) in [5.41, 5.74) is 1.76. The topological polar surface area (TPSA) is 64.3 Å². The molecule has 100 valence electrons. The molecule has 1 aliphatic rings. The number of carbonyl (C=O) groups is 1. The van der Waals surface area contributed by atoms with Gasteiger partial charge in [-0.2, -0.15) is 5.26 Å². The Hall–Kier alpha value is -2.54. The van der Waals surface area contributed by atoms with Gasteiger partial charge in [0.15, 0.2) is 0 Å². The van der Waals surface area contributed by atoms with Crippen LogP contribution in [0.5, 0.6) is 0 Å². The van der Waals surface area contributed by atoms with Gasteiger partial charge in [-0.05, 0) is 12.1 Å². The minimum atomic E-state index is -0.737. The Labute approximate surface area is 116 Å². The van der Waals surface area contributed by atoms with Crippen LogP contribution in [0.15, 0.2) is 36.4 Å². The molecule has 4 heteroatoms. The molecular formula is C16H14N2O2. The van der Waals surface area contributed by atoms with Crippen molar-refractivity contribution in [1.29, 1.82) is 5.26 Å². The summed E-state index contributed by atoms with van der Waals surface area (Å²) >= 11 is 0. The van der Waals surface area contributed by atoms with Crippen molar-refractivity contribution in [3.63, 3.8) is 0 Å². The molecule has 1 aliphatic heterocycles. The zero-order chi connectivity index (χ0) is 14.1. The largest absolute Gasteiger partial charge is 0.481 e. The van der Waals surface area contributed by atoms with Crippen molar-refractivity contribution in [3.05, 3.63) is 42.0 Å². The van der Waals surface area contributed by atoms with E-state index in [4.69, 9.17) is 10.4 Å². The third-order valence-corrected chi connectivity index (χ3v) is 3.78. The second-order valence-corrected chi connectivity index (χ2v) is 5.16. The summed E-state index contributed by atoms with van der Waals surface area (Å²) in [5.74, 6) is -0.513. The zero-order valence-electron chi connectivity index (χ0n) is 10.9. The van der Waals surface area contributed by atoms with E-state index in [0.29, 0.717) is 5.56 Å². The number of carboxylic acid groups (broad SMARTS) is 1. The lowest BCUT2D eigenvalue weighted by atomic mass is 9.93. The van der Waals surface area contributed by atoms with Gasteiger partial charge < -0.3 is 10.0 Å². The quantitative estimate of drug-likeness (QED) is 0.927. The number of carboxylic acids is 1. The fourth-order valence-corrected chi connectivity index (χ4v) is 2.80. The second kappa shape index (κ2) is 4.86. The lowest BCUT2D eigenvalue weighted by molar-refractivity contribution is -0.138. The van der Waals surface area contributed by atoms with Crippen LogP contribution in [-0.2, 0) is 4.79 Å². The summed E-state index contributed by atoms with van der Waals surface area (Å²) in [4.78, 5) is 12.9. The molecule has 0 unspecified atom stereocenters. The average molecular weight is 266 g/mol. The average Bonchev–Trinajstić information content (AvgIpc) is 2.41. The second-order valence-electron chi connectivity index (χ2n) is 5.16. The first-order valence-corrected chi connectivity index (χ1v) is 6.57. The molecule has 0 atom stereocenters. The minimum absolute atomic E-state index is 0.224. The van der Waals surface area contributed by atoms with Crippen LogP contribution in [0.2, 0.25) is 0 Å². The first-order valence-electron chi connectivity index (χ1n) is 6.57. The van der Waals surface area contributed by atoms with Gasteiger partial charge in [0.25, 0.3) is 0 Å². The lowest BCUT2D eigenvalue weighted by Crippen LogP contribution is -2.47. The molecule has 20 heavy (non-hydrogen) atoms. The summed E-state index contributed by atoms with van der Waals surface area (Å²) < 4.78 is 0. The van der Waals surface area contributed by atoms with Crippen molar-refractivity contribution in [1.82, 2.24) is 0 Å². The number of nitrogens with zero attached hydrogens (tertiary/aromatic N) is 2. The fourth-order valence-electron chi connectivity index (χ4n) is 2.80. The molecule has 3 rings (SSSR count). The van der Waals surface area contributed by atoms with Gasteiger partial charge >= 0.3 is 5.97 Å². The Morgan fingerprint density at radius 2 is 1.95 bits per heavy atom. The van der Waals surface area contributed by atoms with E-state index < -0.39 is 5.97 Å². The van der Waals surface area contributed by atoms with E-state index in [-0.39, 0.29) is 12.3 Å². The molecule has 1 heterocycles. The Morgan fingerprint density at radius 1 is 1.25 bits per heavy atom. The summed E-state index contributed by atoms with van der Waals surface area (Å²) in [6, 6.07) is 13.8. The van der Waals surface area contributed by atoms with Crippen molar-refractivity contribution in [2.24, 2.45) is 5.92 Å². The van der Waals surface area contributed by atoms with Crippen LogP contribution >= 0.6 is 0 Å². The first kappa shape index (κ1) is 12.5. The van der Waals surface area contributed by atoms with Gasteiger partial charge in [0.1, 0.15) is 0 Å². The molecule has 1 fully saturated rings. The summed E-state index contributed by atoms with van der Waals surface area (Å²) in [5, 5.41) is 19.9. The van der Waals surface area contributed by atoms with Crippen LogP contribution in [0.4, 0.5) is 5.69 Å². The highest BCUT2D eigenvalue weighted by Crippen LogP contribution is 2.34. The van der Waals surface area contributed by atoms with Crippen molar-refractivity contribution < 1.29 is 9.90 Å². The molecule has 0 saturated carbocycles. The first-order chi connectivity index (χ1) is 9.69. The van der Waals surface area contributed by atoms with Gasteiger partial charge in [0.05, 0.1) is 18.1 Å². The zero-order valence-corrected chi connectivity index (χ0v) is 10.9. The summed E-state index contributed by atoms with van der Waals surface area (Å²) in [6.45, 7) is 1.53. The maximum Gasteiger partial charge on any atom is 0.303 e. The van der Waals surface area contributed by atoms with E-state index in [1.165, 1.54) is 0 Å². The van der Waals surface area contributed by atoms with Crippen LogP contribution in [0.25, 0.3) is 10.8 Å². The molecule has 0 aliphatic carbocycles. The predicted octanol–water partition coefficient (Wildman–Crippen LogP) is 2.62. The number of fused-ring (bicyclic) bond motifs is 1. The van der Waals surface area contributed by atoms with Crippen molar-refractivity contribution in [2.45, 2.75) is 6.42 Å². The van der Waals surface area contributed by atoms with E-state index in [9.17, 15) is 4.79 Å². The van der Waals surface area contributed by atoms with Gasteiger partial charge in [0.2, 0.25) is 0 Å². The molecule has 2 aromatic rings. The minimum Gasteiger partial charge on any atom is -0.481 e. The highest BCUT2D eigenvalue weighted by Gasteiger charge is 2.29. The molecule has 0 radical (unpaired) electrons. The smallest absolute Gasteiger partial charge is 0.303 e. The summed E-state index contributed by atoms with van der Waals surface area (Å²) in [6.07, 6.45) is 0.227. The molecule has 0 amide bonds. The number of nitriles is 1. The van der Waals surface area contributed by atoms with Crippen molar-refractivity contribution in [2.75, 3.05) is 18.0 Å². The van der Waals surface area contributed by atoms with Gasteiger partial charge in [0, 0.05) is 35.5 Å². The van der Waals surface area contributed by atoms with Gasteiger partial charge in [-0.25, -0.2) is 0 Å². The maximum atomic E-state index is 10.7.